The number of hydrazone groups is 2. The molecule has 6 heteroatoms. The van der Waals surface area contributed by atoms with Gasteiger partial charge in [-0.15, -0.1) is 0 Å². The summed E-state index contributed by atoms with van der Waals surface area (Å²) in [5.74, 6) is -0.524. The Labute approximate surface area is 162 Å². The molecule has 3 rings (SSSR count). The normalized spacial score (nSPS) is 10.9. The van der Waals surface area contributed by atoms with Crippen molar-refractivity contribution in [1.29, 1.82) is 0 Å². The minimum Gasteiger partial charge on any atom is -0.287 e. The third kappa shape index (κ3) is 5.47. The molecule has 0 aromatic heterocycles. The highest BCUT2D eigenvalue weighted by atomic mass is 16.1. The minimum absolute atomic E-state index is 0.262. The molecular formula is C22H18N4O2. The van der Waals surface area contributed by atoms with Gasteiger partial charge in [-0.3, -0.25) is 20.4 Å². The molecule has 3 aromatic carbocycles. The first-order valence-electron chi connectivity index (χ1n) is 8.59. The fourth-order valence-corrected chi connectivity index (χ4v) is 2.30. The molecule has 3 aromatic rings. The van der Waals surface area contributed by atoms with E-state index in [2.05, 4.69) is 21.1 Å². The van der Waals surface area contributed by atoms with Crippen LogP contribution in [-0.4, -0.2) is 24.0 Å². The van der Waals surface area contributed by atoms with Crippen LogP contribution < -0.4 is 10.9 Å². The largest absolute Gasteiger partial charge is 0.287 e. The van der Waals surface area contributed by atoms with E-state index in [0.717, 1.165) is 11.4 Å². The molecule has 0 aliphatic heterocycles. The third-order valence-electron chi connectivity index (χ3n) is 3.75. The molecule has 0 heterocycles. The van der Waals surface area contributed by atoms with Crippen LogP contribution in [0.4, 0.5) is 11.4 Å². The maximum atomic E-state index is 12.1. The SMILES string of the molecule is O=C(/C=N\Nc1ccccc1)c1ccc(C(=O)/C=N/Nc2ccccc2)cc1. The summed E-state index contributed by atoms with van der Waals surface area (Å²) in [6.45, 7) is 0. The second-order valence-electron chi connectivity index (χ2n) is 5.78. The summed E-state index contributed by atoms with van der Waals surface area (Å²) in [6.07, 6.45) is 2.41. The van der Waals surface area contributed by atoms with Gasteiger partial charge in [0, 0.05) is 11.1 Å². The highest BCUT2D eigenvalue weighted by Crippen LogP contribution is 2.07. The molecule has 0 atom stereocenters. The van der Waals surface area contributed by atoms with E-state index in [1.165, 1.54) is 12.4 Å². The van der Waals surface area contributed by atoms with Gasteiger partial charge in [0.1, 0.15) is 0 Å². The number of hydrogen-bond donors (Lipinski definition) is 2. The average Bonchev–Trinajstić information content (AvgIpc) is 2.75. The Bertz CT molecular complexity index is 900. The van der Waals surface area contributed by atoms with E-state index in [4.69, 9.17) is 0 Å². The van der Waals surface area contributed by atoms with Crippen LogP contribution in [0, 0.1) is 0 Å². The first-order chi connectivity index (χ1) is 13.7. The summed E-state index contributed by atoms with van der Waals surface area (Å²) in [5.41, 5.74) is 8.02. The number of carbonyl (C=O) groups excluding carboxylic acids is 2. The Balaban J connectivity index is 1.54. The molecule has 0 saturated carbocycles. The van der Waals surface area contributed by atoms with Crippen molar-refractivity contribution < 1.29 is 9.59 Å². The van der Waals surface area contributed by atoms with Gasteiger partial charge in [-0.2, -0.15) is 10.2 Å². The van der Waals surface area contributed by atoms with Gasteiger partial charge in [-0.25, -0.2) is 0 Å². The van der Waals surface area contributed by atoms with E-state index in [1.807, 2.05) is 60.7 Å². The maximum absolute atomic E-state index is 12.1. The lowest BCUT2D eigenvalue weighted by Crippen LogP contribution is -2.05. The molecule has 0 aliphatic carbocycles. The number of nitrogens with one attached hydrogen (secondary N) is 2. The van der Waals surface area contributed by atoms with E-state index >= 15 is 0 Å². The van der Waals surface area contributed by atoms with E-state index in [1.54, 1.807) is 24.3 Å². The van der Waals surface area contributed by atoms with Crippen LogP contribution in [-0.2, 0) is 0 Å². The minimum atomic E-state index is -0.262. The van der Waals surface area contributed by atoms with Crippen molar-refractivity contribution in [2.75, 3.05) is 10.9 Å². The molecule has 28 heavy (non-hydrogen) atoms. The van der Waals surface area contributed by atoms with Gasteiger partial charge in [-0.05, 0) is 24.3 Å². The quantitative estimate of drug-likeness (QED) is 0.353. The molecule has 138 valence electrons. The lowest BCUT2D eigenvalue weighted by molar-refractivity contribution is 0.106. The predicted octanol–water partition coefficient (Wildman–Crippen LogP) is 4.25. The van der Waals surface area contributed by atoms with Crippen LogP contribution in [0.2, 0.25) is 0 Å². The Kier molecular flexibility index (Phi) is 6.41. The molecule has 0 radical (unpaired) electrons. The second kappa shape index (κ2) is 9.59. The summed E-state index contributed by atoms with van der Waals surface area (Å²) in [6, 6.07) is 25.0. The van der Waals surface area contributed by atoms with Crippen molar-refractivity contribution in [2.45, 2.75) is 0 Å². The van der Waals surface area contributed by atoms with Crippen molar-refractivity contribution in [3.8, 4) is 0 Å². The smallest absolute Gasteiger partial charge is 0.205 e. The van der Waals surface area contributed by atoms with Crippen molar-refractivity contribution in [3.05, 3.63) is 96.1 Å². The Morgan fingerprint density at radius 1 is 0.571 bits per heavy atom. The van der Waals surface area contributed by atoms with Gasteiger partial charge in [-0.1, -0.05) is 60.7 Å². The van der Waals surface area contributed by atoms with Crippen molar-refractivity contribution in [1.82, 2.24) is 0 Å². The molecule has 0 unspecified atom stereocenters. The van der Waals surface area contributed by atoms with Crippen LogP contribution in [0.1, 0.15) is 20.7 Å². The van der Waals surface area contributed by atoms with Crippen LogP contribution in [0.5, 0.6) is 0 Å². The summed E-state index contributed by atoms with van der Waals surface area (Å²) < 4.78 is 0. The topological polar surface area (TPSA) is 82.9 Å². The number of nitrogens with zero attached hydrogens (tertiary/aromatic N) is 2. The number of carbonyl (C=O) groups is 2. The number of rotatable bonds is 8. The number of hydrogen-bond acceptors (Lipinski definition) is 6. The molecule has 0 fully saturated rings. The standard InChI is InChI=1S/C22H18N4O2/c27-21(15-23-25-19-7-3-1-4-8-19)17-11-13-18(14-12-17)22(28)16-24-26-20-9-5-2-6-10-20/h1-16,25-26H/b23-15-,24-16+. The van der Waals surface area contributed by atoms with Crippen molar-refractivity contribution >= 4 is 35.4 Å². The van der Waals surface area contributed by atoms with Gasteiger partial charge >= 0.3 is 0 Å². The van der Waals surface area contributed by atoms with Crippen LogP contribution in [0.3, 0.4) is 0 Å². The highest BCUT2D eigenvalue weighted by molar-refractivity contribution is 6.37. The molecule has 0 aliphatic rings. The number of para-hydroxylation sites is 2. The predicted molar refractivity (Wildman–Crippen MR) is 112 cm³/mol. The molecule has 0 saturated heterocycles. The molecule has 6 nitrogen and oxygen atoms in total. The van der Waals surface area contributed by atoms with Crippen molar-refractivity contribution in [3.63, 3.8) is 0 Å². The fourth-order valence-electron chi connectivity index (χ4n) is 2.30. The van der Waals surface area contributed by atoms with Gasteiger partial charge in [0.2, 0.25) is 11.6 Å². The average molecular weight is 370 g/mol. The Morgan fingerprint density at radius 2 is 0.929 bits per heavy atom. The van der Waals surface area contributed by atoms with Crippen molar-refractivity contribution in [2.24, 2.45) is 10.2 Å². The Morgan fingerprint density at radius 3 is 1.29 bits per heavy atom. The zero-order valence-corrected chi connectivity index (χ0v) is 14.9. The van der Waals surface area contributed by atoms with Gasteiger partial charge in [0.25, 0.3) is 0 Å². The molecular weight excluding hydrogens is 352 g/mol. The summed E-state index contributed by atoms with van der Waals surface area (Å²) in [5, 5.41) is 7.85. The summed E-state index contributed by atoms with van der Waals surface area (Å²) in [4.78, 5) is 24.3. The van der Waals surface area contributed by atoms with Crippen LogP contribution in [0.15, 0.2) is 95.1 Å². The maximum Gasteiger partial charge on any atom is 0.205 e. The van der Waals surface area contributed by atoms with Crippen LogP contribution >= 0.6 is 0 Å². The van der Waals surface area contributed by atoms with Gasteiger partial charge < -0.3 is 0 Å². The zero-order chi connectivity index (χ0) is 19.6. The first kappa shape index (κ1) is 18.7. The number of benzene rings is 3. The Hall–Kier alpha value is -4.06. The van der Waals surface area contributed by atoms with E-state index in [9.17, 15) is 9.59 Å². The van der Waals surface area contributed by atoms with Crippen LogP contribution in [0.25, 0.3) is 0 Å². The molecule has 0 spiro atoms. The first-order valence-corrected chi connectivity index (χ1v) is 8.59. The zero-order valence-electron chi connectivity index (χ0n) is 14.9. The van der Waals surface area contributed by atoms with Gasteiger partial charge in [0.05, 0.1) is 23.8 Å². The monoisotopic (exact) mass is 370 g/mol. The fraction of sp³-hybridized carbons (Fsp3) is 0. The number of Topliss-reactive ketones (excluding diaryl/α,β-unsaturated/α-hetero) is 2. The molecule has 2 N–H and O–H groups in total. The van der Waals surface area contributed by atoms with E-state index in [0.29, 0.717) is 11.1 Å². The molecule has 0 bridgehead atoms. The molecule has 0 amide bonds. The highest BCUT2D eigenvalue weighted by Gasteiger charge is 2.06. The second-order valence-corrected chi connectivity index (χ2v) is 5.78. The summed E-state index contributed by atoms with van der Waals surface area (Å²) >= 11 is 0. The lowest BCUT2D eigenvalue weighted by atomic mass is 10.1. The van der Waals surface area contributed by atoms with E-state index < -0.39 is 0 Å². The van der Waals surface area contributed by atoms with E-state index in [-0.39, 0.29) is 11.6 Å². The third-order valence-corrected chi connectivity index (χ3v) is 3.75. The lowest BCUT2D eigenvalue weighted by Gasteiger charge is -2.00. The summed E-state index contributed by atoms with van der Waals surface area (Å²) in [7, 11) is 0. The van der Waals surface area contributed by atoms with Gasteiger partial charge in [0.15, 0.2) is 0 Å². The number of anilines is 2. The number of ketones is 2.